The standard InChI is InChI=1S/C13H18ClNO2/c1-4-9(5-2)15(3)10-6-7-11(13(16)17)12(14)8-10/h6-9H,4-5H2,1-3H3,(H,16,17). The van der Waals surface area contributed by atoms with E-state index >= 15 is 0 Å². The second-order valence-corrected chi connectivity index (χ2v) is 4.46. The van der Waals surface area contributed by atoms with E-state index < -0.39 is 5.97 Å². The molecule has 0 atom stereocenters. The summed E-state index contributed by atoms with van der Waals surface area (Å²) >= 11 is 5.95. The van der Waals surface area contributed by atoms with Gasteiger partial charge in [0.1, 0.15) is 0 Å². The number of hydrogen-bond donors (Lipinski definition) is 1. The molecule has 3 nitrogen and oxygen atoms in total. The van der Waals surface area contributed by atoms with Crippen LogP contribution in [0.5, 0.6) is 0 Å². The lowest BCUT2D eigenvalue weighted by molar-refractivity contribution is 0.0697. The summed E-state index contributed by atoms with van der Waals surface area (Å²) in [5.41, 5.74) is 1.10. The molecule has 1 aromatic carbocycles. The SMILES string of the molecule is CCC(CC)N(C)c1ccc(C(=O)O)c(Cl)c1. The van der Waals surface area contributed by atoms with E-state index in [-0.39, 0.29) is 10.6 Å². The first-order chi connectivity index (χ1) is 8.01. The summed E-state index contributed by atoms with van der Waals surface area (Å²) in [6, 6.07) is 5.51. The van der Waals surface area contributed by atoms with E-state index in [4.69, 9.17) is 16.7 Å². The van der Waals surface area contributed by atoms with Crippen molar-refractivity contribution >= 4 is 23.3 Å². The molecule has 0 saturated heterocycles. The van der Waals surface area contributed by atoms with Crippen LogP contribution in [0.15, 0.2) is 18.2 Å². The van der Waals surface area contributed by atoms with Gasteiger partial charge in [0.15, 0.2) is 0 Å². The maximum absolute atomic E-state index is 10.9. The maximum atomic E-state index is 10.9. The van der Waals surface area contributed by atoms with Crippen molar-refractivity contribution in [2.75, 3.05) is 11.9 Å². The average Bonchev–Trinajstić information content (AvgIpc) is 2.29. The fourth-order valence-electron chi connectivity index (χ4n) is 1.94. The summed E-state index contributed by atoms with van der Waals surface area (Å²) < 4.78 is 0. The van der Waals surface area contributed by atoms with E-state index in [1.54, 1.807) is 18.2 Å². The zero-order chi connectivity index (χ0) is 13.0. The summed E-state index contributed by atoms with van der Waals surface area (Å²) in [7, 11) is 2.00. The molecule has 0 bridgehead atoms. The summed E-state index contributed by atoms with van der Waals surface area (Å²) in [4.78, 5) is 13.0. The number of halogens is 1. The molecule has 94 valence electrons. The molecule has 0 saturated carbocycles. The Kier molecular flexibility index (Phi) is 4.82. The quantitative estimate of drug-likeness (QED) is 0.873. The molecule has 17 heavy (non-hydrogen) atoms. The van der Waals surface area contributed by atoms with Crippen molar-refractivity contribution < 1.29 is 9.90 Å². The second-order valence-electron chi connectivity index (χ2n) is 4.05. The maximum Gasteiger partial charge on any atom is 0.337 e. The van der Waals surface area contributed by atoms with Crippen LogP contribution >= 0.6 is 11.6 Å². The molecule has 0 aliphatic carbocycles. The Balaban J connectivity index is 3.00. The van der Waals surface area contributed by atoms with E-state index in [9.17, 15) is 4.79 Å². The van der Waals surface area contributed by atoms with Crippen molar-refractivity contribution in [3.8, 4) is 0 Å². The van der Waals surface area contributed by atoms with E-state index in [2.05, 4.69) is 18.7 Å². The van der Waals surface area contributed by atoms with Gasteiger partial charge >= 0.3 is 5.97 Å². The van der Waals surface area contributed by atoms with Crippen molar-refractivity contribution in [3.63, 3.8) is 0 Å². The fraction of sp³-hybridized carbons (Fsp3) is 0.462. The highest BCUT2D eigenvalue weighted by Crippen LogP contribution is 2.25. The molecule has 0 unspecified atom stereocenters. The molecule has 0 heterocycles. The largest absolute Gasteiger partial charge is 0.478 e. The van der Waals surface area contributed by atoms with Crippen LogP contribution in [0.4, 0.5) is 5.69 Å². The Hall–Kier alpha value is -1.22. The molecule has 0 amide bonds. The topological polar surface area (TPSA) is 40.5 Å². The number of carboxylic acids is 1. The van der Waals surface area contributed by atoms with Crippen molar-refractivity contribution in [2.45, 2.75) is 32.7 Å². The highest BCUT2D eigenvalue weighted by molar-refractivity contribution is 6.33. The minimum absolute atomic E-state index is 0.147. The summed E-state index contributed by atoms with van der Waals surface area (Å²) in [6.07, 6.45) is 2.09. The van der Waals surface area contributed by atoms with Crippen LogP contribution in [-0.4, -0.2) is 24.2 Å². The molecule has 0 spiro atoms. The molecule has 0 aliphatic heterocycles. The van der Waals surface area contributed by atoms with Crippen LogP contribution < -0.4 is 4.90 Å². The minimum atomic E-state index is -0.994. The Morgan fingerprint density at radius 2 is 2.00 bits per heavy atom. The second kappa shape index (κ2) is 5.92. The third kappa shape index (κ3) is 3.13. The summed E-state index contributed by atoms with van der Waals surface area (Å²) in [5.74, 6) is -0.994. The molecule has 0 aliphatic rings. The van der Waals surface area contributed by atoms with Crippen LogP contribution in [0.1, 0.15) is 37.0 Å². The number of nitrogens with zero attached hydrogens (tertiary/aromatic N) is 1. The number of rotatable bonds is 5. The predicted molar refractivity (Wildman–Crippen MR) is 71.2 cm³/mol. The van der Waals surface area contributed by atoms with Gasteiger partial charge in [-0.05, 0) is 31.0 Å². The van der Waals surface area contributed by atoms with Crippen LogP contribution in [0.3, 0.4) is 0 Å². The number of carboxylic acid groups (broad SMARTS) is 1. The summed E-state index contributed by atoms with van der Waals surface area (Å²) in [5, 5.41) is 9.18. The number of aromatic carboxylic acids is 1. The third-order valence-corrected chi connectivity index (χ3v) is 3.39. The van der Waals surface area contributed by atoms with Gasteiger partial charge in [-0.15, -0.1) is 0 Å². The first-order valence-electron chi connectivity index (χ1n) is 5.76. The number of anilines is 1. The van der Waals surface area contributed by atoms with Crippen LogP contribution in [0.2, 0.25) is 5.02 Å². The monoisotopic (exact) mass is 255 g/mol. The Labute approximate surface area is 107 Å². The van der Waals surface area contributed by atoms with Gasteiger partial charge in [-0.2, -0.15) is 0 Å². The van der Waals surface area contributed by atoms with Crippen LogP contribution in [-0.2, 0) is 0 Å². The lowest BCUT2D eigenvalue weighted by Gasteiger charge is -2.28. The molecule has 1 aromatic rings. The zero-order valence-electron chi connectivity index (χ0n) is 10.4. The van der Waals surface area contributed by atoms with E-state index in [1.165, 1.54) is 0 Å². The third-order valence-electron chi connectivity index (χ3n) is 3.08. The molecule has 1 N–H and O–H groups in total. The van der Waals surface area contributed by atoms with Gasteiger partial charge in [0, 0.05) is 18.8 Å². The van der Waals surface area contributed by atoms with Crippen molar-refractivity contribution in [1.29, 1.82) is 0 Å². The van der Waals surface area contributed by atoms with Gasteiger partial charge in [-0.25, -0.2) is 4.79 Å². The van der Waals surface area contributed by atoms with Gasteiger partial charge in [-0.1, -0.05) is 25.4 Å². The van der Waals surface area contributed by atoms with Gasteiger partial charge < -0.3 is 10.0 Å². The molecule has 4 heteroatoms. The van der Waals surface area contributed by atoms with Gasteiger partial charge in [0.25, 0.3) is 0 Å². The van der Waals surface area contributed by atoms with Crippen LogP contribution in [0.25, 0.3) is 0 Å². The fourth-order valence-corrected chi connectivity index (χ4v) is 2.20. The van der Waals surface area contributed by atoms with Crippen molar-refractivity contribution in [1.82, 2.24) is 0 Å². The van der Waals surface area contributed by atoms with E-state index in [0.29, 0.717) is 6.04 Å². The van der Waals surface area contributed by atoms with Gasteiger partial charge in [0.05, 0.1) is 10.6 Å². The lowest BCUT2D eigenvalue weighted by Crippen LogP contribution is -2.30. The van der Waals surface area contributed by atoms with Crippen molar-refractivity contribution in [2.24, 2.45) is 0 Å². The smallest absolute Gasteiger partial charge is 0.337 e. The number of hydrogen-bond acceptors (Lipinski definition) is 2. The number of carbonyl (C=O) groups is 1. The normalized spacial score (nSPS) is 10.6. The van der Waals surface area contributed by atoms with Gasteiger partial charge in [-0.3, -0.25) is 0 Å². The van der Waals surface area contributed by atoms with Crippen LogP contribution in [0, 0.1) is 0 Å². The molecule has 0 aromatic heterocycles. The molecule has 0 fully saturated rings. The molecule has 1 rings (SSSR count). The summed E-state index contributed by atoms with van der Waals surface area (Å²) in [6.45, 7) is 4.27. The molecule has 0 radical (unpaired) electrons. The Morgan fingerprint density at radius 1 is 1.41 bits per heavy atom. The molecular weight excluding hydrogens is 238 g/mol. The predicted octanol–water partition coefficient (Wildman–Crippen LogP) is 3.66. The van der Waals surface area contributed by atoms with E-state index in [1.807, 2.05) is 7.05 Å². The highest BCUT2D eigenvalue weighted by atomic mass is 35.5. The highest BCUT2D eigenvalue weighted by Gasteiger charge is 2.14. The Morgan fingerprint density at radius 3 is 2.41 bits per heavy atom. The minimum Gasteiger partial charge on any atom is -0.478 e. The van der Waals surface area contributed by atoms with Gasteiger partial charge in [0.2, 0.25) is 0 Å². The Bertz CT molecular complexity index is 402. The lowest BCUT2D eigenvalue weighted by atomic mass is 10.1. The number of benzene rings is 1. The van der Waals surface area contributed by atoms with E-state index in [0.717, 1.165) is 18.5 Å². The first kappa shape index (κ1) is 13.8. The van der Waals surface area contributed by atoms with Crippen molar-refractivity contribution in [3.05, 3.63) is 28.8 Å². The zero-order valence-corrected chi connectivity index (χ0v) is 11.2. The average molecular weight is 256 g/mol. The first-order valence-corrected chi connectivity index (χ1v) is 6.14. The molecular formula is C13H18ClNO2.